The number of ether oxygens (including phenoxy) is 2. The molecule has 1 rings (SSSR count). The first-order valence-electron chi connectivity index (χ1n) is 10.5. The fraction of sp³-hybridized carbons (Fsp3) is 0.773. The van der Waals surface area contributed by atoms with E-state index in [1.807, 2.05) is 0 Å². The smallest absolute Gasteiger partial charge is 0.309 e. The Morgan fingerprint density at radius 3 is 2.31 bits per heavy atom. The molecule has 0 amide bonds. The van der Waals surface area contributed by atoms with Gasteiger partial charge in [-0.2, -0.15) is 5.26 Å². The SMILES string of the molecule is CCOC(=O)C[C@H]1CC[C@H]([C@@H](C#N)/C=C/O[Si](C)(C)C(C)(C)C)[C@H]1C(=O)OCC. The fourth-order valence-electron chi connectivity index (χ4n) is 3.54. The Morgan fingerprint density at radius 2 is 1.79 bits per heavy atom. The third-order valence-corrected chi connectivity index (χ3v) is 10.5. The van der Waals surface area contributed by atoms with E-state index in [2.05, 4.69) is 39.9 Å². The van der Waals surface area contributed by atoms with E-state index in [1.54, 1.807) is 26.2 Å². The molecule has 0 unspecified atom stereocenters. The Kier molecular flexibility index (Phi) is 9.41. The molecule has 7 heteroatoms. The number of rotatable bonds is 9. The first kappa shape index (κ1) is 25.2. The predicted molar refractivity (Wildman–Crippen MR) is 114 cm³/mol. The maximum absolute atomic E-state index is 12.7. The van der Waals surface area contributed by atoms with E-state index in [0.29, 0.717) is 19.4 Å². The minimum atomic E-state index is -1.97. The summed E-state index contributed by atoms with van der Waals surface area (Å²) < 4.78 is 16.4. The van der Waals surface area contributed by atoms with Gasteiger partial charge in [-0.05, 0) is 62.7 Å². The van der Waals surface area contributed by atoms with Gasteiger partial charge < -0.3 is 13.9 Å². The number of hydrogen-bond acceptors (Lipinski definition) is 6. The molecule has 0 saturated heterocycles. The van der Waals surface area contributed by atoms with Crippen LogP contribution in [0.4, 0.5) is 0 Å². The third kappa shape index (κ3) is 6.88. The van der Waals surface area contributed by atoms with Crippen molar-refractivity contribution in [1.82, 2.24) is 0 Å². The standard InChI is InChI=1S/C22H37NO5Si/c1-8-26-19(24)14-16-10-11-18(20(16)21(25)27-9-2)17(15-23)12-13-28-29(6,7)22(3,4)5/h12-13,16-18,20H,8-11,14H2,1-7H3/b13-12+/t16-,17-,18-,20+/m1/s1. The molecule has 1 aliphatic carbocycles. The van der Waals surface area contributed by atoms with Gasteiger partial charge in [-0.3, -0.25) is 9.59 Å². The molecule has 4 atom stereocenters. The number of nitrogens with zero attached hydrogens (tertiary/aromatic N) is 1. The lowest BCUT2D eigenvalue weighted by atomic mass is 9.80. The van der Waals surface area contributed by atoms with Crippen LogP contribution in [0.3, 0.4) is 0 Å². The van der Waals surface area contributed by atoms with Crippen LogP contribution < -0.4 is 0 Å². The molecule has 0 spiro atoms. The van der Waals surface area contributed by atoms with Crippen molar-refractivity contribution in [3.8, 4) is 6.07 Å². The van der Waals surface area contributed by atoms with Crippen molar-refractivity contribution >= 4 is 20.3 Å². The Bertz CT molecular complexity index is 632. The van der Waals surface area contributed by atoms with Gasteiger partial charge in [-0.25, -0.2) is 0 Å². The highest BCUT2D eigenvalue weighted by Crippen LogP contribution is 2.44. The minimum Gasteiger partial charge on any atom is -0.549 e. The molecule has 0 aromatic carbocycles. The van der Waals surface area contributed by atoms with Gasteiger partial charge in [0.2, 0.25) is 8.32 Å². The Balaban J connectivity index is 2.98. The molecule has 1 fully saturated rings. The largest absolute Gasteiger partial charge is 0.549 e. The van der Waals surface area contributed by atoms with E-state index in [-0.39, 0.29) is 41.8 Å². The van der Waals surface area contributed by atoms with Crippen LogP contribution in [-0.2, 0) is 23.5 Å². The van der Waals surface area contributed by atoms with Gasteiger partial charge in [0.25, 0.3) is 0 Å². The summed E-state index contributed by atoms with van der Waals surface area (Å²) >= 11 is 0. The predicted octanol–water partition coefficient (Wildman–Crippen LogP) is 4.82. The van der Waals surface area contributed by atoms with Crippen molar-refractivity contribution in [2.45, 2.75) is 72.0 Å². The molecule has 0 aromatic heterocycles. The first-order valence-corrected chi connectivity index (χ1v) is 13.5. The maximum Gasteiger partial charge on any atom is 0.309 e. The van der Waals surface area contributed by atoms with Crippen LogP contribution in [0, 0.1) is 35.0 Å². The summed E-state index contributed by atoms with van der Waals surface area (Å²) in [5.74, 6) is -1.95. The Labute approximate surface area is 176 Å². The van der Waals surface area contributed by atoms with E-state index in [9.17, 15) is 14.9 Å². The second-order valence-corrected chi connectivity index (χ2v) is 13.9. The first-order chi connectivity index (χ1) is 13.5. The number of nitriles is 1. The molecule has 0 aliphatic heterocycles. The van der Waals surface area contributed by atoms with Crippen LogP contribution in [0.15, 0.2) is 12.3 Å². The third-order valence-electron chi connectivity index (χ3n) is 6.20. The highest BCUT2D eigenvalue weighted by Gasteiger charge is 2.46. The highest BCUT2D eigenvalue weighted by atomic mass is 28.4. The number of carbonyl (C=O) groups excluding carboxylic acids is 2. The lowest BCUT2D eigenvalue weighted by molar-refractivity contribution is -0.152. The second kappa shape index (κ2) is 10.8. The van der Waals surface area contributed by atoms with Crippen molar-refractivity contribution in [2.75, 3.05) is 13.2 Å². The van der Waals surface area contributed by atoms with E-state index in [1.165, 1.54) is 0 Å². The minimum absolute atomic E-state index is 0.0606. The number of hydrogen-bond donors (Lipinski definition) is 0. The Morgan fingerprint density at radius 1 is 1.17 bits per heavy atom. The zero-order valence-corrected chi connectivity index (χ0v) is 20.0. The summed E-state index contributed by atoms with van der Waals surface area (Å²) in [5.41, 5.74) is 0. The number of carbonyl (C=O) groups is 2. The van der Waals surface area contributed by atoms with Gasteiger partial charge in [-0.1, -0.05) is 20.8 Å². The van der Waals surface area contributed by atoms with Gasteiger partial charge in [0.05, 0.1) is 37.4 Å². The fourth-order valence-corrected chi connectivity index (χ4v) is 4.31. The molecule has 0 radical (unpaired) electrons. The van der Waals surface area contributed by atoms with Crippen LogP contribution in [0.25, 0.3) is 0 Å². The molecule has 6 nitrogen and oxygen atoms in total. The summed E-state index contributed by atoms with van der Waals surface area (Å²) in [6.07, 6.45) is 4.98. The molecule has 0 heterocycles. The molecular weight excluding hydrogens is 386 g/mol. The number of esters is 2. The molecule has 29 heavy (non-hydrogen) atoms. The van der Waals surface area contributed by atoms with Crippen molar-refractivity contribution in [1.29, 1.82) is 5.26 Å². The molecule has 0 bridgehead atoms. The second-order valence-electron chi connectivity index (χ2n) is 9.15. The Hall–Kier alpha value is -1.81. The van der Waals surface area contributed by atoms with E-state index >= 15 is 0 Å². The average molecular weight is 424 g/mol. The van der Waals surface area contributed by atoms with Crippen molar-refractivity contribution in [3.05, 3.63) is 12.3 Å². The van der Waals surface area contributed by atoms with Gasteiger partial charge in [0, 0.05) is 6.42 Å². The van der Waals surface area contributed by atoms with Gasteiger partial charge in [-0.15, -0.1) is 0 Å². The molecule has 0 N–H and O–H groups in total. The van der Waals surface area contributed by atoms with Crippen molar-refractivity contribution < 1.29 is 23.5 Å². The van der Waals surface area contributed by atoms with Crippen LogP contribution in [0.2, 0.25) is 18.1 Å². The normalized spacial score (nSPS) is 23.4. The monoisotopic (exact) mass is 423 g/mol. The maximum atomic E-state index is 12.7. The van der Waals surface area contributed by atoms with E-state index in [0.717, 1.165) is 0 Å². The zero-order chi connectivity index (χ0) is 22.2. The van der Waals surface area contributed by atoms with Crippen LogP contribution in [-0.4, -0.2) is 33.5 Å². The lowest BCUT2D eigenvalue weighted by Crippen LogP contribution is -2.39. The molecule has 0 aromatic rings. The topological polar surface area (TPSA) is 85.6 Å². The molecule has 1 aliphatic rings. The van der Waals surface area contributed by atoms with Crippen LogP contribution >= 0.6 is 0 Å². The summed E-state index contributed by atoms with van der Waals surface area (Å²) in [7, 11) is -1.97. The molecule has 164 valence electrons. The van der Waals surface area contributed by atoms with Crippen LogP contribution in [0.5, 0.6) is 0 Å². The zero-order valence-electron chi connectivity index (χ0n) is 19.0. The average Bonchev–Trinajstić information content (AvgIpc) is 3.01. The van der Waals surface area contributed by atoms with Gasteiger partial charge in [0.15, 0.2) is 0 Å². The van der Waals surface area contributed by atoms with Crippen LogP contribution in [0.1, 0.15) is 53.9 Å². The van der Waals surface area contributed by atoms with Gasteiger partial charge >= 0.3 is 11.9 Å². The highest BCUT2D eigenvalue weighted by molar-refractivity contribution is 6.74. The molecular formula is C22H37NO5Si. The van der Waals surface area contributed by atoms with E-state index in [4.69, 9.17) is 13.9 Å². The van der Waals surface area contributed by atoms with Gasteiger partial charge in [0.1, 0.15) is 0 Å². The quantitative estimate of drug-likeness (QED) is 0.300. The summed E-state index contributed by atoms with van der Waals surface area (Å²) in [5, 5.41) is 9.83. The lowest BCUT2D eigenvalue weighted by Gasteiger charge is -2.35. The number of allylic oxidation sites excluding steroid dienone is 1. The summed E-state index contributed by atoms with van der Waals surface area (Å²) in [4.78, 5) is 24.6. The molecule has 1 saturated carbocycles. The van der Waals surface area contributed by atoms with Crippen molar-refractivity contribution in [2.24, 2.45) is 23.7 Å². The van der Waals surface area contributed by atoms with E-state index < -0.39 is 20.2 Å². The van der Waals surface area contributed by atoms with Crippen molar-refractivity contribution in [3.63, 3.8) is 0 Å². The summed E-state index contributed by atoms with van der Waals surface area (Å²) in [6, 6.07) is 2.32. The summed E-state index contributed by atoms with van der Waals surface area (Å²) in [6.45, 7) is 14.9.